The number of hydrogen-bond donors (Lipinski definition) is 2. The Hall–Kier alpha value is -3.36. The lowest BCUT2D eigenvalue weighted by Crippen LogP contribution is -2.39. The molecular weight excluding hydrogens is 460 g/mol. The van der Waals surface area contributed by atoms with Crippen molar-refractivity contribution in [1.29, 1.82) is 0 Å². The third-order valence-corrected chi connectivity index (χ3v) is 6.87. The number of hydrogen-bond acceptors (Lipinski definition) is 6. The average Bonchev–Trinajstić information content (AvgIpc) is 3.22. The first-order valence-corrected chi connectivity index (χ1v) is 12.4. The van der Waals surface area contributed by atoms with E-state index in [1.165, 1.54) is 11.8 Å². The Kier molecular flexibility index (Phi) is 7.73. The summed E-state index contributed by atoms with van der Waals surface area (Å²) in [6.45, 7) is 6.86. The predicted molar refractivity (Wildman–Crippen MR) is 141 cm³/mol. The van der Waals surface area contributed by atoms with Crippen LogP contribution < -0.4 is 10.6 Å². The lowest BCUT2D eigenvalue weighted by Gasteiger charge is -2.37. The lowest BCUT2D eigenvalue weighted by molar-refractivity contribution is -0.120. The molecule has 0 radical (unpaired) electrons. The smallest absolute Gasteiger partial charge is 0.255 e. The molecule has 8 heteroatoms. The number of benzene rings is 2. The number of anilines is 1. The van der Waals surface area contributed by atoms with Crippen molar-refractivity contribution in [3.05, 3.63) is 87.6 Å². The van der Waals surface area contributed by atoms with Gasteiger partial charge in [-0.2, -0.15) is 0 Å². The van der Waals surface area contributed by atoms with E-state index in [0.717, 1.165) is 33.2 Å². The summed E-state index contributed by atoms with van der Waals surface area (Å²) < 4.78 is 5.03. The summed E-state index contributed by atoms with van der Waals surface area (Å²) in [6, 6.07) is 15.3. The first-order valence-electron chi connectivity index (χ1n) is 11.5. The zero-order valence-electron chi connectivity index (χ0n) is 20.4. The maximum Gasteiger partial charge on any atom is 0.255 e. The number of rotatable bonds is 8. The first kappa shape index (κ1) is 24.8. The molecule has 2 heterocycles. The van der Waals surface area contributed by atoms with Crippen LogP contribution in [-0.4, -0.2) is 42.1 Å². The van der Waals surface area contributed by atoms with Crippen molar-refractivity contribution in [2.45, 2.75) is 33.2 Å². The van der Waals surface area contributed by atoms with E-state index in [9.17, 15) is 9.59 Å². The number of aryl methyl sites for hydroxylation is 2. The largest absolute Gasteiger partial charge is 0.383 e. The van der Waals surface area contributed by atoms with Crippen molar-refractivity contribution < 1.29 is 14.3 Å². The number of carbonyl (C=O) groups is 2. The monoisotopic (exact) mass is 490 g/mol. The second kappa shape index (κ2) is 10.9. The van der Waals surface area contributed by atoms with Gasteiger partial charge in [0.15, 0.2) is 5.17 Å². The molecule has 0 aliphatic carbocycles. The lowest BCUT2D eigenvalue weighted by atomic mass is 9.89. The van der Waals surface area contributed by atoms with Gasteiger partial charge in [-0.1, -0.05) is 53.7 Å². The van der Waals surface area contributed by atoms with Gasteiger partial charge in [0.1, 0.15) is 0 Å². The van der Waals surface area contributed by atoms with Crippen LogP contribution in [0.5, 0.6) is 0 Å². The fourth-order valence-corrected chi connectivity index (χ4v) is 5.21. The van der Waals surface area contributed by atoms with E-state index in [1.54, 1.807) is 7.11 Å². The van der Waals surface area contributed by atoms with Crippen molar-refractivity contribution in [2.24, 2.45) is 4.99 Å². The molecule has 2 aromatic rings. The van der Waals surface area contributed by atoms with Gasteiger partial charge >= 0.3 is 0 Å². The van der Waals surface area contributed by atoms with Gasteiger partial charge in [-0.25, -0.2) is 4.99 Å². The fourth-order valence-electron chi connectivity index (χ4n) is 4.25. The number of ether oxygens (including phenoxy) is 1. The average molecular weight is 491 g/mol. The van der Waals surface area contributed by atoms with Crippen LogP contribution in [0.15, 0.2) is 75.9 Å². The molecule has 4 rings (SSSR count). The topological polar surface area (TPSA) is 83.0 Å². The summed E-state index contributed by atoms with van der Waals surface area (Å²) in [5.41, 5.74) is 5.96. The molecule has 35 heavy (non-hydrogen) atoms. The summed E-state index contributed by atoms with van der Waals surface area (Å²) in [6.07, 6.45) is 0.184. The minimum absolute atomic E-state index is 0.101. The summed E-state index contributed by atoms with van der Waals surface area (Å²) in [7, 11) is 1.60. The number of methoxy groups -OCH3 is 1. The highest BCUT2D eigenvalue weighted by atomic mass is 32.2. The first-order chi connectivity index (χ1) is 16.9. The van der Waals surface area contributed by atoms with Crippen LogP contribution in [0.3, 0.4) is 0 Å². The number of para-hydroxylation sites is 1. The Balaban J connectivity index is 1.72. The van der Waals surface area contributed by atoms with Crippen molar-refractivity contribution >= 4 is 34.4 Å². The predicted octanol–water partition coefficient (Wildman–Crippen LogP) is 4.67. The molecule has 0 aromatic heterocycles. The number of carbonyl (C=O) groups excluding carboxylic acids is 2. The summed E-state index contributed by atoms with van der Waals surface area (Å²) >= 11 is 1.48. The highest BCUT2D eigenvalue weighted by Crippen LogP contribution is 2.45. The minimum Gasteiger partial charge on any atom is -0.383 e. The van der Waals surface area contributed by atoms with Crippen LogP contribution in [0.4, 0.5) is 5.69 Å². The highest BCUT2D eigenvalue weighted by molar-refractivity contribution is 8.16. The van der Waals surface area contributed by atoms with Gasteiger partial charge < -0.3 is 20.3 Å². The molecule has 1 unspecified atom stereocenters. The molecule has 2 aliphatic heterocycles. The van der Waals surface area contributed by atoms with E-state index in [1.807, 2.05) is 61.4 Å². The third-order valence-electron chi connectivity index (χ3n) is 5.98. The molecule has 2 aliphatic rings. The Morgan fingerprint density at radius 2 is 1.89 bits per heavy atom. The molecule has 0 spiro atoms. The number of fused-ring (bicyclic) bond motifs is 1. The standard InChI is InChI=1S/C27H30N4O3S/c1-17-10-11-18(2)22(14-17)25-24(26(33)30-20-8-6-5-7-9-20)19(3)29-27-31(25)21(16-35-27)15-23(32)28-12-13-34-4/h5-11,14,16,25H,12-13,15H2,1-4H3,(H,28,32)(H,30,33). The van der Waals surface area contributed by atoms with Crippen LogP contribution >= 0.6 is 11.8 Å². The number of amides is 2. The SMILES string of the molecule is COCCNC(=O)CC1=CSC2=NC(C)=C(C(=O)Nc3ccccc3)C(c3cc(C)ccc3C)N12. The Morgan fingerprint density at radius 3 is 2.63 bits per heavy atom. The fraction of sp³-hybridized carbons (Fsp3) is 0.296. The molecule has 2 N–H and O–H groups in total. The number of allylic oxidation sites excluding steroid dienone is 1. The zero-order chi connectivity index (χ0) is 24.9. The third kappa shape index (κ3) is 5.49. The van der Waals surface area contributed by atoms with Gasteiger partial charge in [-0.05, 0) is 49.4 Å². The molecule has 2 amide bonds. The summed E-state index contributed by atoms with van der Waals surface area (Å²) in [5.74, 6) is -0.306. The Bertz CT molecular complexity index is 1220. The van der Waals surface area contributed by atoms with Gasteiger partial charge in [0.2, 0.25) is 5.91 Å². The van der Waals surface area contributed by atoms with E-state index in [-0.39, 0.29) is 18.2 Å². The molecule has 1 atom stereocenters. The van der Waals surface area contributed by atoms with E-state index >= 15 is 0 Å². The van der Waals surface area contributed by atoms with Crippen LogP contribution in [0.25, 0.3) is 0 Å². The molecule has 0 saturated carbocycles. The molecule has 0 bridgehead atoms. The van der Waals surface area contributed by atoms with Gasteiger partial charge in [0, 0.05) is 25.0 Å². The number of nitrogens with one attached hydrogen (secondary N) is 2. The van der Waals surface area contributed by atoms with Crippen molar-refractivity contribution in [3.63, 3.8) is 0 Å². The van der Waals surface area contributed by atoms with Crippen LogP contribution in [0, 0.1) is 13.8 Å². The van der Waals surface area contributed by atoms with Crippen LogP contribution in [0.1, 0.15) is 36.1 Å². The minimum atomic E-state index is -0.404. The molecular formula is C27H30N4O3S. The van der Waals surface area contributed by atoms with E-state index in [4.69, 9.17) is 9.73 Å². The number of aliphatic imine (C=N–C) groups is 1. The molecule has 182 valence electrons. The zero-order valence-corrected chi connectivity index (χ0v) is 21.2. The van der Waals surface area contributed by atoms with E-state index < -0.39 is 6.04 Å². The van der Waals surface area contributed by atoms with Crippen molar-refractivity contribution in [3.8, 4) is 0 Å². The van der Waals surface area contributed by atoms with Crippen molar-refractivity contribution in [1.82, 2.24) is 10.2 Å². The molecule has 0 fully saturated rings. The van der Waals surface area contributed by atoms with Gasteiger partial charge in [-0.3, -0.25) is 9.59 Å². The summed E-state index contributed by atoms with van der Waals surface area (Å²) in [4.78, 5) is 33.1. The quantitative estimate of drug-likeness (QED) is 0.526. The number of amidine groups is 1. The molecule has 7 nitrogen and oxygen atoms in total. The number of thioether (sulfide) groups is 1. The van der Waals surface area contributed by atoms with Gasteiger partial charge in [0.25, 0.3) is 5.91 Å². The normalized spacial score (nSPS) is 17.0. The second-order valence-electron chi connectivity index (χ2n) is 8.59. The molecule has 0 saturated heterocycles. The van der Waals surface area contributed by atoms with E-state index in [2.05, 4.69) is 28.8 Å². The Labute approximate surface area is 210 Å². The van der Waals surface area contributed by atoms with Gasteiger partial charge in [0.05, 0.1) is 30.3 Å². The van der Waals surface area contributed by atoms with E-state index in [0.29, 0.717) is 24.4 Å². The van der Waals surface area contributed by atoms with Crippen LogP contribution in [0.2, 0.25) is 0 Å². The van der Waals surface area contributed by atoms with Gasteiger partial charge in [-0.15, -0.1) is 0 Å². The molecule has 2 aromatic carbocycles. The Morgan fingerprint density at radius 1 is 1.11 bits per heavy atom. The maximum absolute atomic E-state index is 13.7. The second-order valence-corrected chi connectivity index (χ2v) is 9.43. The maximum atomic E-state index is 13.7. The van der Waals surface area contributed by atoms with Crippen molar-refractivity contribution in [2.75, 3.05) is 25.6 Å². The number of nitrogens with zero attached hydrogens (tertiary/aromatic N) is 2. The van der Waals surface area contributed by atoms with Crippen LogP contribution in [-0.2, 0) is 14.3 Å². The summed E-state index contributed by atoms with van der Waals surface area (Å²) in [5, 5.41) is 8.64. The highest BCUT2D eigenvalue weighted by Gasteiger charge is 2.41.